The van der Waals surface area contributed by atoms with Gasteiger partial charge in [-0.1, -0.05) is 6.92 Å². The minimum Gasteiger partial charge on any atom is -0.496 e. The molecule has 0 radical (unpaired) electrons. The molecule has 0 aliphatic heterocycles. The van der Waals surface area contributed by atoms with Gasteiger partial charge in [0.15, 0.2) is 0 Å². The number of benzene rings is 2. The number of thioether (sulfide) groups is 1. The molecule has 3 aromatic rings. The Morgan fingerprint density at radius 1 is 1.30 bits per heavy atom. The van der Waals surface area contributed by atoms with Gasteiger partial charge < -0.3 is 14.8 Å². The van der Waals surface area contributed by atoms with Crippen molar-refractivity contribution in [2.45, 2.75) is 11.8 Å². The number of carboxylic acid groups (broad SMARTS) is 1. The molecule has 0 aliphatic rings. The van der Waals surface area contributed by atoms with Crippen LogP contribution < -0.4 is 4.74 Å². The van der Waals surface area contributed by atoms with Crippen LogP contribution >= 0.6 is 11.8 Å². The fourth-order valence-corrected chi connectivity index (χ4v) is 3.08. The van der Waals surface area contributed by atoms with E-state index < -0.39 is 5.97 Å². The zero-order chi connectivity index (χ0) is 16.4. The van der Waals surface area contributed by atoms with Crippen molar-refractivity contribution in [1.29, 1.82) is 0 Å². The van der Waals surface area contributed by atoms with Crippen LogP contribution in [0.2, 0.25) is 0 Å². The standard InChI is InChI=1S/C17H16N2O3S/c1-3-23-11-5-6-12(15(9-11)22-2)16-18-13-7-4-10(17(20)21)8-14(13)19-16/h4-9H,3H2,1-2H3,(H,18,19)(H,20,21). The van der Waals surface area contributed by atoms with Crippen LogP contribution in [-0.2, 0) is 0 Å². The number of ether oxygens (including phenoxy) is 1. The van der Waals surface area contributed by atoms with E-state index in [1.54, 1.807) is 37.1 Å². The van der Waals surface area contributed by atoms with Crippen molar-refractivity contribution in [3.63, 3.8) is 0 Å². The van der Waals surface area contributed by atoms with Crippen molar-refractivity contribution < 1.29 is 14.6 Å². The molecule has 5 nitrogen and oxygen atoms in total. The van der Waals surface area contributed by atoms with Crippen LogP contribution in [0.1, 0.15) is 17.3 Å². The number of hydrogen-bond acceptors (Lipinski definition) is 4. The smallest absolute Gasteiger partial charge is 0.335 e. The van der Waals surface area contributed by atoms with Crippen LogP contribution in [0.3, 0.4) is 0 Å². The molecule has 0 atom stereocenters. The molecule has 2 N–H and O–H groups in total. The number of carboxylic acids is 1. The summed E-state index contributed by atoms with van der Waals surface area (Å²) < 4.78 is 5.48. The average molecular weight is 328 g/mol. The van der Waals surface area contributed by atoms with Gasteiger partial charge in [-0.2, -0.15) is 0 Å². The molecular weight excluding hydrogens is 312 g/mol. The Hall–Kier alpha value is -2.47. The highest BCUT2D eigenvalue weighted by atomic mass is 32.2. The molecule has 1 heterocycles. The average Bonchev–Trinajstić information content (AvgIpc) is 2.97. The fraction of sp³-hybridized carbons (Fsp3) is 0.176. The summed E-state index contributed by atoms with van der Waals surface area (Å²) in [7, 11) is 1.63. The predicted octanol–water partition coefficient (Wildman–Crippen LogP) is 4.05. The quantitative estimate of drug-likeness (QED) is 0.691. The van der Waals surface area contributed by atoms with Crippen molar-refractivity contribution in [2.24, 2.45) is 0 Å². The van der Waals surface area contributed by atoms with Gasteiger partial charge in [0, 0.05) is 4.90 Å². The molecule has 0 fully saturated rings. The number of hydrogen-bond donors (Lipinski definition) is 2. The number of nitrogens with one attached hydrogen (secondary N) is 1. The van der Waals surface area contributed by atoms with Gasteiger partial charge in [0.1, 0.15) is 11.6 Å². The highest BCUT2D eigenvalue weighted by molar-refractivity contribution is 7.99. The maximum Gasteiger partial charge on any atom is 0.335 e. The minimum absolute atomic E-state index is 0.220. The van der Waals surface area contributed by atoms with Crippen molar-refractivity contribution in [3.8, 4) is 17.1 Å². The van der Waals surface area contributed by atoms with Crippen LogP contribution in [0.25, 0.3) is 22.4 Å². The number of aromatic carboxylic acids is 1. The van der Waals surface area contributed by atoms with Crippen LogP contribution in [0.15, 0.2) is 41.3 Å². The maximum absolute atomic E-state index is 11.1. The normalized spacial score (nSPS) is 10.9. The number of aromatic amines is 1. The highest BCUT2D eigenvalue weighted by Gasteiger charge is 2.13. The Labute approximate surface area is 137 Å². The summed E-state index contributed by atoms with van der Waals surface area (Å²) in [6, 6.07) is 10.8. The first-order chi connectivity index (χ1) is 11.1. The zero-order valence-electron chi connectivity index (χ0n) is 12.8. The predicted molar refractivity (Wildman–Crippen MR) is 91.4 cm³/mol. The van der Waals surface area contributed by atoms with E-state index in [1.807, 2.05) is 18.2 Å². The number of fused-ring (bicyclic) bond motifs is 1. The first kappa shape index (κ1) is 15.4. The molecule has 6 heteroatoms. The second-order valence-electron chi connectivity index (χ2n) is 4.92. The molecular formula is C17H16N2O3S. The van der Waals surface area contributed by atoms with E-state index in [-0.39, 0.29) is 5.56 Å². The number of methoxy groups -OCH3 is 1. The zero-order valence-corrected chi connectivity index (χ0v) is 13.6. The molecule has 118 valence electrons. The maximum atomic E-state index is 11.1. The van der Waals surface area contributed by atoms with E-state index in [0.29, 0.717) is 11.3 Å². The summed E-state index contributed by atoms with van der Waals surface area (Å²) in [5, 5.41) is 9.07. The van der Waals surface area contributed by atoms with Crippen LogP contribution in [-0.4, -0.2) is 33.9 Å². The third-order valence-corrected chi connectivity index (χ3v) is 4.35. The van der Waals surface area contributed by atoms with Crippen LogP contribution in [0.4, 0.5) is 0 Å². The number of imidazole rings is 1. The van der Waals surface area contributed by atoms with Gasteiger partial charge in [-0.05, 0) is 42.2 Å². The molecule has 0 saturated carbocycles. The summed E-state index contributed by atoms with van der Waals surface area (Å²) in [4.78, 5) is 19.9. The summed E-state index contributed by atoms with van der Waals surface area (Å²) >= 11 is 1.74. The van der Waals surface area contributed by atoms with Gasteiger partial charge in [-0.15, -0.1) is 11.8 Å². The van der Waals surface area contributed by atoms with Crippen molar-refractivity contribution in [3.05, 3.63) is 42.0 Å². The Balaban J connectivity index is 2.07. The van der Waals surface area contributed by atoms with Gasteiger partial charge >= 0.3 is 5.97 Å². The molecule has 0 aliphatic carbocycles. The first-order valence-electron chi connectivity index (χ1n) is 7.16. The topological polar surface area (TPSA) is 75.2 Å². The molecule has 0 saturated heterocycles. The van der Waals surface area contributed by atoms with Gasteiger partial charge in [0.25, 0.3) is 0 Å². The lowest BCUT2D eigenvalue weighted by atomic mass is 10.2. The summed E-state index contributed by atoms with van der Waals surface area (Å²) in [6.07, 6.45) is 0. The van der Waals surface area contributed by atoms with Gasteiger partial charge in [0.05, 0.1) is 29.3 Å². The largest absolute Gasteiger partial charge is 0.496 e. The molecule has 0 bridgehead atoms. The first-order valence-corrected chi connectivity index (χ1v) is 8.15. The molecule has 2 aromatic carbocycles. The fourth-order valence-electron chi connectivity index (χ4n) is 2.39. The monoisotopic (exact) mass is 328 g/mol. The van der Waals surface area contributed by atoms with Crippen molar-refractivity contribution in [1.82, 2.24) is 9.97 Å². The Morgan fingerprint density at radius 2 is 2.13 bits per heavy atom. The van der Waals surface area contributed by atoms with E-state index in [9.17, 15) is 4.79 Å². The lowest BCUT2D eigenvalue weighted by Gasteiger charge is -2.08. The molecule has 1 aromatic heterocycles. The third kappa shape index (κ3) is 3.03. The molecule has 0 spiro atoms. The van der Waals surface area contributed by atoms with Gasteiger partial charge in [-0.3, -0.25) is 0 Å². The van der Waals surface area contributed by atoms with E-state index in [0.717, 1.165) is 27.5 Å². The molecule has 0 unspecified atom stereocenters. The lowest BCUT2D eigenvalue weighted by Crippen LogP contribution is -1.94. The van der Waals surface area contributed by atoms with E-state index in [4.69, 9.17) is 9.84 Å². The lowest BCUT2D eigenvalue weighted by molar-refractivity contribution is 0.0697. The van der Waals surface area contributed by atoms with Crippen LogP contribution in [0, 0.1) is 0 Å². The molecule has 23 heavy (non-hydrogen) atoms. The summed E-state index contributed by atoms with van der Waals surface area (Å²) in [6.45, 7) is 2.10. The molecule has 0 amide bonds. The SMILES string of the molecule is CCSc1ccc(-c2nc3cc(C(=O)O)ccc3[nH]2)c(OC)c1. The number of rotatable bonds is 5. The second kappa shape index (κ2) is 6.34. The Morgan fingerprint density at radius 3 is 2.83 bits per heavy atom. The number of carbonyl (C=O) groups is 1. The summed E-state index contributed by atoms with van der Waals surface area (Å²) in [5.41, 5.74) is 2.48. The summed E-state index contributed by atoms with van der Waals surface area (Å²) in [5.74, 6) is 1.42. The van der Waals surface area contributed by atoms with Crippen molar-refractivity contribution >= 4 is 28.8 Å². The van der Waals surface area contributed by atoms with Crippen LogP contribution in [0.5, 0.6) is 5.75 Å². The number of aromatic nitrogens is 2. The van der Waals surface area contributed by atoms with E-state index in [2.05, 4.69) is 16.9 Å². The van der Waals surface area contributed by atoms with E-state index >= 15 is 0 Å². The molecule has 3 rings (SSSR count). The highest BCUT2D eigenvalue weighted by Crippen LogP contribution is 2.33. The van der Waals surface area contributed by atoms with Gasteiger partial charge in [0.2, 0.25) is 0 Å². The number of H-pyrrole nitrogens is 1. The van der Waals surface area contributed by atoms with Gasteiger partial charge in [-0.25, -0.2) is 9.78 Å². The van der Waals surface area contributed by atoms with Crippen molar-refractivity contribution in [2.75, 3.05) is 12.9 Å². The van der Waals surface area contributed by atoms with E-state index in [1.165, 1.54) is 0 Å². The Bertz CT molecular complexity index is 873. The number of nitrogens with zero attached hydrogens (tertiary/aromatic N) is 1. The second-order valence-corrected chi connectivity index (χ2v) is 6.26. The third-order valence-electron chi connectivity index (χ3n) is 3.47. The Kier molecular flexibility index (Phi) is 4.25. The minimum atomic E-state index is -0.963.